The van der Waals surface area contributed by atoms with Crippen molar-refractivity contribution in [3.8, 4) is 17.2 Å². The molecule has 6 N–H and O–H groups in total. The minimum atomic E-state index is -1.58. The number of aromatic hydroxyl groups is 2. The van der Waals surface area contributed by atoms with Crippen LogP contribution in [0.5, 0.6) is 17.2 Å². The molecular weight excluding hydrogens is 424 g/mol. The Morgan fingerprint density at radius 3 is 2.47 bits per heavy atom. The van der Waals surface area contributed by atoms with Gasteiger partial charge in [0.05, 0.1) is 6.61 Å². The molecule has 0 spiro atoms. The lowest BCUT2D eigenvalue weighted by Gasteiger charge is -2.39. The van der Waals surface area contributed by atoms with E-state index in [2.05, 4.69) is 0 Å². The zero-order chi connectivity index (χ0) is 23.3. The van der Waals surface area contributed by atoms with Gasteiger partial charge >= 0.3 is 5.97 Å². The van der Waals surface area contributed by atoms with E-state index in [1.165, 1.54) is 24.3 Å². The normalized spacial score (nSPS) is 25.6. The van der Waals surface area contributed by atoms with Gasteiger partial charge in [0.25, 0.3) is 0 Å². The fourth-order valence-corrected chi connectivity index (χ4v) is 3.03. The minimum absolute atomic E-state index is 0.183. The molecule has 1 saturated heterocycles. The fourth-order valence-electron chi connectivity index (χ4n) is 3.03. The molecule has 1 aliphatic heterocycles. The molecule has 0 amide bonds. The van der Waals surface area contributed by atoms with Gasteiger partial charge < -0.3 is 44.8 Å². The van der Waals surface area contributed by atoms with Crippen LogP contribution in [0.1, 0.15) is 11.1 Å². The van der Waals surface area contributed by atoms with E-state index >= 15 is 0 Å². The largest absolute Gasteiger partial charge is 0.504 e. The molecule has 0 radical (unpaired) electrons. The summed E-state index contributed by atoms with van der Waals surface area (Å²) in [5.41, 5.74) is 0.914. The smallest absolute Gasteiger partial charge is 0.331 e. The van der Waals surface area contributed by atoms with E-state index in [0.717, 1.165) is 6.08 Å². The number of phenolic OH excluding ortho intramolecular Hbond substituents is 2. The number of para-hydroxylation sites is 1. The molecule has 0 bridgehead atoms. The van der Waals surface area contributed by atoms with E-state index in [1.807, 2.05) is 0 Å². The Hall–Kier alpha value is -3.15. The first-order chi connectivity index (χ1) is 15.3. The van der Waals surface area contributed by atoms with Crippen LogP contribution < -0.4 is 4.74 Å². The second-order valence-corrected chi connectivity index (χ2v) is 7.11. The van der Waals surface area contributed by atoms with Crippen LogP contribution in [0.2, 0.25) is 0 Å². The van der Waals surface area contributed by atoms with Crippen molar-refractivity contribution in [2.75, 3.05) is 6.61 Å². The number of ether oxygens (including phenoxy) is 3. The molecule has 2 aromatic carbocycles. The van der Waals surface area contributed by atoms with Crippen LogP contribution in [0.15, 0.2) is 48.5 Å². The molecule has 5 atom stereocenters. The second-order valence-electron chi connectivity index (χ2n) is 7.11. The SMILES string of the molecule is O=C(/C=C/c1ccc(O)c(O)c1)OCc1ccccc1O[C@@H]1O[C@H](CO)[C@@H](O)[C@H](O)[C@H]1O. The number of aliphatic hydroxyl groups excluding tert-OH is 4. The average molecular weight is 448 g/mol. The summed E-state index contributed by atoms with van der Waals surface area (Å²) >= 11 is 0. The zero-order valence-corrected chi connectivity index (χ0v) is 16.8. The third-order valence-electron chi connectivity index (χ3n) is 4.85. The molecule has 0 aliphatic carbocycles. The van der Waals surface area contributed by atoms with Gasteiger partial charge in [0.15, 0.2) is 11.5 Å². The van der Waals surface area contributed by atoms with Gasteiger partial charge in [0.2, 0.25) is 6.29 Å². The fraction of sp³-hybridized carbons (Fsp3) is 0.318. The number of hydrogen-bond acceptors (Lipinski definition) is 10. The first kappa shape index (κ1) is 23.5. The van der Waals surface area contributed by atoms with Crippen LogP contribution in [-0.2, 0) is 20.9 Å². The van der Waals surface area contributed by atoms with Gasteiger partial charge in [-0.15, -0.1) is 0 Å². The van der Waals surface area contributed by atoms with Gasteiger partial charge in [-0.25, -0.2) is 4.79 Å². The van der Waals surface area contributed by atoms with Crippen molar-refractivity contribution in [3.63, 3.8) is 0 Å². The van der Waals surface area contributed by atoms with E-state index in [0.29, 0.717) is 11.1 Å². The predicted octanol–water partition coefficient (Wildman–Crippen LogP) is 0.0331. The highest BCUT2D eigenvalue weighted by atomic mass is 16.7. The summed E-state index contributed by atoms with van der Waals surface area (Å²) in [4.78, 5) is 12.0. The van der Waals surface area contributed by atoms with Gasteiger partial charge in [-0.1, -0.05) is 24.3 Å². The number of carbonyl (C=O) groups is 1. The van der Waals surface area contributed by atoms with Gasteiger partial charge in [-0.05, 0) is 29.8 Å². The van der Waals surface area contributed by atoms with E-state index < -0.39 is 43.3 Å². The number of benzene rings is 2. The predicted molar refractivity (Wildman–Crippen MR) is 109 cm³/mol. The Morgan fingerprint density at radius 2 is 1.75 bits per heavy atom. The number of aliphatic hydroxyl groups is 4. The summed E-state index contributed by atoms with van der Waals surface area (Å²) in [5.74, 6) is -1.07. The Balaban J connectivity index is 1.63. The van der Waals surface area contributed by atoms with E-state index in [9.17, 15) is 35.4 Å². The standard InChI is InChI=1S/C22H24O10/c23-10-17-19(27)20(28)21(29)22(32-17)31-16-4-2-1-3-13(16)11-30-18(26)8-6-12-5-7-14(24)15(25)9-12/h1-9,17,19-25,27-29H,10-11H2/b8-6+/t17-,19-,20+,21-,22-/m1/s1. The Kier molecular flexibility index (Phi) is 7.67. The summed E-state index contributed by atoms with van der Waals surface area (Å²) < 4.78 is 16.1. The summed E-state index contributed by atoms with van der Waals surface area (Å²) in [7, 11) is 0. The Morgan fingerprint density at radius 1 is 1.00 bits per heavy atom. The highest BCUT2D eigenvalue weighted by Crippen LogP contribution is 2.27. The molecule has 2 aromatic rings. The third kappa shape index (κ3) is 5.55. The molecule has 10 heteroatoms. The van der Waals surface area contributed by atoms with Crippen LogP contribution in [0.25, 0.3) is 6.08 Å². The van der Waals surface area contributed by atoms with Gasteiger partial charge in [-0.3, -0.25) is 0 Å². The minimum Gasteiger partial charge on any atom is -0.504 e. The zero-order valence-electron chi connectivity index (χ0n) is 16.8. The third-order valence-corrected chi connectivity index (χ3v) is 4.85. The van der Waals surface area contributed by atoms with Crippen molar-refractivity contribution < 1.29 is 49.6 Å². The van der Waals surface area contributed by atoms with E-state index in [1.54, 1.807) is 24.3 Å². The lowest BCUT2D eigenvalue weighted by molar-refractivity contribution is -0.277. The average Bonchev–Trinajstić information content (AvgIpc) is 2.79. The molecule has 32 heavy (non-hydrogen) atoms. The molecule has 10 nitrogen and oxygen atoms in total. The van der Waals surface area contributed by atoms with E-state index in [-0.39, 0.29) is 23.9 Å². The van der Waals surface area contributed by atoms with Crippen molar-refractivity contribution in [1.29, 1.82) is 0 Å². The topological polar surface area (TPSA) is 166 Å². The maximum absolute atomic E-state index is 12.0. The molecule has 1 aliphatic rings. The second kappa shape index (κ2) is 10.4. The van der Waals surface area contributed by atoms with E-state index in [4.69, 9.17) is 14.2 Å². The molecule has 0 unspecified atom stereocenters. The summed E-state index contributed by atoms with van der Waals surface area (Å²) in [6.07, 6.45) is -4.61. The maximum Gasteiger partial charge on any atom is 0.331 e. The lowest BCUT2D eigenvalue weighted by atomic mass is 9.99. The van der Waals surface area contributed by atoms with Gasteiger partial charge in [0.1, 0.15) is 36.8 Å². The summed E-state index contributed by atoms with van der Waals surface area (Å²) in [5, 5.41) is 58.0. The molecule has 0 aromatic heterocycles. The summed E-state index contributed by atoms with van der Waals surface area (Å²) in [6, 6.07) is 10.5. The molecule has 172 valence electrons. The van der Waals surface area contributed by atoms with Crippen molar-refractivity contribution in [2.24, 2.45) is 0 Å². The van der Waals surface area contributed by atoms with Crippen LogP contribution in [0.3, 0.4) is 0 Å². The van der Waals surface area contributed by atoms with Crippen molar-refractivity contribution in [2.45, 2.75) is 37.3 Å². The molecule has 0 saturated carbocycles. The van der Waals surface area contributed by atoms with Crippen LogP contribution in [0.4, 0.5) is 0 Å². The molecule has 3 rings (SSSR count). The highest BCUT2D eigenvalue weighted by Gasteiger charge is 2.44. The summed E-state index contributed by atoms with van der Waals surface area (Å²) in [6.45, 7) is -0.771. The first-order valence-electron chi connectivity index (χ1n) is 9.72. The van der Waals surface area contributed by atoms with Crippen molar-refractivity contribution in [3.05, 3.63) is 59.7 Å². The first-order valence-corrected chi connectivity index (χ1v) is 9.72. The van der Waals surface area contributed by atoms with Crippen LogP contribution in [-0.4, -0.2) is 73.9 Å². The molecule has 1 fully saturated rings. The number of hydrogen-bond donors (Lipinski definition) is 6. The lowest BCUT2D eigenvalue weighted by Crippen LogP contribution is -2.60. The molecular formula is C22H24O10. The van der Waals surface area contributed by atoms with Crippen molar-refractivity contribution >= 4 is 12.0 Å². The number of esters is 1. The number of carbonyl (C=O) groups excluding carboxylic acids is 1. The van der Waals surface area contributed by atoms with Crippen LogP contribution in [0, 0.1) is 0 Å². The number of rotatable bonds is 7. The quantitative estimate of drug-likeness (QED) is 0.193. The van der Waals surface area contributed by atoms with Gasteiger partial charge in [0, 0.05) is 11.6 Å². The Labute approximate surface area is 183 Å². The van der Waals surface area contributed by atoms with Crippen LogP contribution >= 0.6 is 0 Å². The highest BCUT2D eigenvalue weighted by molar-refractivity contribution is 5.87. The Bertz CT molecular complexity index is 957. The molecule has 1 heterocycles. The monoisotopic (exact) mass is 448 g/mol. The maximum atomic E-state index is 12.0. The number of phenols is 2. The van der Waals surface area contributed by atoms with Gasteiger partial charge in [-0.2, -0.15) is 0 Å². The van der Waals surface area contributed by atoms with Crippen molar-refractivity contribution in [1.82, 2.24) is 0 Å².